The molecule has 1 aromatic carbocycles. The minimum absolute atomic E-state index is 0.0987. The Kier molecular flexibility index (Phi) is 8.89. The van der Waals surface area contributed by atoms with E-state index in [1.54, 1.807) is 13.2 Å². The van der Waals surface area contributed by atoms with Gasteiger partial charge in [-0.15, -0.1) is 11.6 Å². The molecule has 0 N–H and O–H groups in total. The molecule has 1 atom stereocenters. The van der Waals surface area contributed by atoms with Crippen LogP contribution in [0.2, 0.25) is 0 Å². The predicted octanol–water partition coefficient (Wildman–Crippen LogP) is 7.24. The van der Waals surface area contributed by atoms with Crippen molar-refractivity contribution < 1.29 is 9.53 Å². The first kappa shape index (κ1) is 22.8. The van der Waals surface area contributed by atoms with Crippen LogP contribution in [0.5, 0.6) is 0 Å². The molecule has 0 radical (unpaired) electrons. The number of ether oxygens (including phenoxy) is 1. The average molecular weight is 379 g/mol. The molecular weight excluding hydrogens is 344 g/mol. The number of Topliss-reactive ketones (excluding diaryl/α,β-unsaturated/α-hetero) is 1. The largest absolute Gasteiger partial charge is 0.492 e. The molecule has 0 aliphatic carbocycles. The molecule has 0 aliphatic rings. The van der Waals surface area contributed by atoms with Crippen molar-refractivity contribution in [2.75, 3.05) is 5.88 Å². The Labute approximate surface area is 165 Å². The first-order valence-corrected chi connectivity index (χ1v) is 10.3. The third-order valence-corrected chi connectivity index (χ3v) is 5.09. The van der Waals surface area contributed by atoms with Crippen molar-refractivity contribution >= 4 is 17.4 Å². The fraction of sp³-hybridized carbons (Fsp3) is 0.609. The van der Waals surface area contributed by atoms with Crippen molar-refractivity contribution in [1.82, 2.24) is 0 Å². The molecule has 0 fully saturated rings. The van der Waals surface area contributed by atoms with Crippen molar-refractivity contribution in [2.45, 2.75) is 85.7 Å². The lowest BCUT2D eigenvalue weighted by Gasteiger charge is -2.27. The minimum atomic E-state index is -0.257. The lowest BCUT2D eigenvalue weighted by atomic mass is 9.82. The highest BCUT2D eigenvalue weighted by molar-refractivity contribution is 6.18. The second-order valence-corrected chi connectivity index (χ2v) is 8.24. The van der Waals surface area contributed by atoms with E-state index in [1.807, 2.05) is 6.92 Å². The van der Waals surface area contributed by atoms with Gasteiger partial charge in [-0.3, -0.25) is 4.79 Å². The van der Waals surface area contributed by atoms with E-state index in [0.29, 0.717) is 35.6 Å². The number of hydrogen-bond acceptors (Lipinski definition) is 2. The van der Waals surface area contributed by atoms with E-state index in [9.17, 15) is 4.79 Å². The fourth-order valence-corrected chi connectivity index (χ4v) is 3.32. The van der Waals surface area contributed by atoms with Crippen LogP contribution >= 0.6 is 11.6 Å². The maximum atomic E-state index is 11.8. The van der Waals surface area contributed by atoms with Crippen LogP contribution in [-0.2, 0) is 9.53 Å². The molecule has 3 heteroatoms. The number of carbonyl (C=O) groups excluding carboxylic acids is 1. The molecule has 0 saturated heterocycles. The Hall–Kier alpha value is -1.28. The SMILES string of the molecule is CCC(=O)/C(C)=C/OC(CCl)c1c(C(C)C)cc(C(C)C)cc1C(C)C. The van der Waals surface area contributed by atoms with Gasteiger partial charge in [-0.05, 0) is 41.4 Å². The first-order chi connectivity index (χ1) is 12.1. The summed E-state index contributed by atoms with van der Waals surface area (Å²) >= 11 is 6.32. The van der Waals surface area contributed by atoms with E-state index in [1.165, 1.54) is 22.3 Å². The van der Waals surface area contributed by atoms with E-state index in [-0.39, 0.29) is 11.9 Å². The van der Waals surface area contributed by atoms with Crippen LogP contribution in [0, 0.1) is 0 Å². The topological polar surface area (TPSA) is 26.3 Å². The maximum absolute atomic E-state index is 11.8. The minimum Gasteiger partial charge on any atom is -0.492 e. The van der Waals surface area contributed by atoms with Crippen LogP contribution in [0.25, 0.3) is 0 Å². The molecule has 0 saturated carbocycles. The van der Waals surface area contributed by atoms with Gasteiger partial charge in [0.25, 0.3) is 0 Å². The van der Waals surface area contributed by atoms with Crippen molar-refractivity contribution in [3.05, 3.63) is 46.2 Å². The van der Waals surface area contributed by atoms with Gasteiger partial charge in [-0.25, -0.2) is 0 Å². The molecule has 1 aromatic rings. The third-order valence-electron chi connectivity index (χ3n) is 4.81. The monoisotopic (exact) mass is 378 g/mol. The van der Waals surface area contributed by atoms with Gasteiger partial charge in [0.2, 0.25) is 0 Å². The van der Waals surface area contributed by atoms with E-state index < -0.39 is 0 Å². The molecule has 1 unspecified atom stereocenters. The van der Waals surface area contributed by atoms with Crippen LogP contribution in [0.3, 0.4) is 0 Å². The molecule has 0 heterocycles. The molecule has 0 aromatic heterocycles. The highest BCUT2D eigenvalue weighted by atomic mass is 35.5. The summed E-state index contributed by atoms with van der Waals surface area (Å²) in [6, 6.07) is 4.60. The normalized spacial score (nSPS) is 13.6. The summed E-state index contributed by atoms with van der Waals surface area (Å²) in [5, 5.41) is 0. The Morgan fingerprint density at radius 2 is 1.54 bits per heavy atom. The van der Waals surface area contributed by atoms with Crippen molar-refractivity contribution in [1.29, 1.82) is 0 Å². The standard InChI is InChI=1S/C23H35ClO2/c1-9-21(25)17(8)13-26-22(12-24)23-19(15(4)5)10-18(14(2)3)11-20(23)16(6)7/h10-11,13-16,22H,9,12H2,1-8H3/b17-13+. The molecule has 26 heavy (non-hydrogen) atoms. The summed E-state index contributed by atoms with van der Waals surface area (Å²) in [7, 11) is 0. The summed E-state index contributed by atoms with van der Waals surface area (Å²) in [6.07, 6.45) is 1.81. The summed E-state index contributed by atoms with van der Waals surface area (Å²) < 4.78 is 6.03. The van der Waals surface area contributed by atoms with E-state index in [0.717, 1.165) is 0 Å². The fourth-order valence-electron chi connectivity index (χ4n) is 3.09. The van der Waals surface area contributed by atoms with Gasteiger partial charge in [-0.1, -0.05) is 60.6 Å². The third kappa shape index (κ3) is 5.61. The van der Waals surface area contributed by atoms with Gasteiger partial charge in [0.05, 0.1) is 12.1 Å². The Balaban J connectivity index is 3.48. The summed E-state index contributed by atoms with van der Waals surface area (Å²) in [4.78, 5) is 11.8. The lowest BCUT2D eigenvalue weighted by Crippen LogP contribution is -2.14. The van der Waals surface area contributed by atoms with Crippen LogP contribution in [0.15, 0.2) is 24.0 Å². The van der Waals surface area contributed by atoms with Gasteiger partial charge in [-0.2, -0.15) is 0 Å². The van der Waals surface area contributed by atoms with Crippen LogP contribution in [-0.4, -0.2) is 11.7 Å². The number of allylic oxidation sites excluding steroid dienone is 1. The molecule has 1 rings (SSSR count). The smallest absolute Gasteiger partial charge is 0.161 e. The van der Waals surface area contributed by atoms with Crippen LogP contribution in [0.1, 0.15) is 108 Å². The van der Waals surface area contributed by atoms with Gasteiger partial charge in [0, 0.05) is 17.6 Å². The first-order valence-electron chi connectivity index (χ1n) is 9.72. The van der Waals surface area contributed by atoms with Crippen molar-refractivity contribution in [3.63, 3.8) is 0 Å². The number of alkyl halides is 1. The lowest BCUT2D eigenvalue weighted by molar-refractivity contribution is -0.115. The molecule has 0 spiro atoms. The van der Waals surface area contributed by atoms with Gasteiger partial charge >= 0.3 is 0 Å². The van der Waals surface area contributed by atoms with Crippen LogP contribution in [0.4, 0.5) is 0 Å². The van der Waals surface area contributed by atoms with Crippen LogP contribution < -0.4 is 0 Å². The zero-order valence-corrected chi connectivity index (χ0v) is 18.4. The second kappa shape index (κ2) is 10.2. The Morgan fingerprint density at radius 1 is 1.04 bits per heavy atom. The molecule has 0 aliphatic heterocycles. The average Bonchev–Trinajstić information content (AvgIpc) is 2.60. The molecule has 2 nitrogen and oxygen atoms in total. The summed E-state index contributed by atoms with van der Waals surface area (Å²) in [5.41, 5.74) is 5.75. The number of hydrogen-bond donors (Lipinski definition) is 0. The van der Waals surface area contributed by atoms with Crippen molar-refractivity contribution in [3.8, 4) is 0 Å². The number of carbonyl (C=O) groups is 1. The Morgan fingerprint density at radius 3 is 1.88 bits per heavy atom. The highest BCUT2D eigenvalue weighted by Crippen LogP contribution is 2.37. The van der Waals surface area contributed by atoms with Gasteiger partial charge < -0.3 is 4.74 Å². The van der Waals surface area contributed by atoms with E-state index in [4.69, 9.17) is 16.3 Å². The zero-order valence-electron chi connectivity index (χ0n) is 17.7. The molecular formula is C23H35ClO2. The zero-order chi connectivity index (χ0) is 20.0. The second-order valence-electron chi connectivity index (χ2n) is 7.93. The van der Waals surface area contributed by atoms with Gasteiger partial charge in [0.1, 0.15) is 6.10 Å². The quantitative estimate of drug-likeness (QED) is 0.257. The molecule has 146 valence electrons. The molecule has 0 amide bonds. The maximum Gasteiger partial charge on any atom is 0.161 e. The highest BCUT2D eigenvalue weighted by Gasteiger charge is 2.24. The Bertz CT molecular complexity index is 613. The number of rotatable bonds is 9. The number of halogens is 1. The predicted molar refractivity (Wildman–Crippen MR) is 112 cm³/mol. The summed E-state index contributed by atoms with van der Waals surface area (Å²) in [5.74, 6) is 1.67. The van der Waals surface area contributed by atoms with Crippen molar-refractivity contribution in [2.24, 2.45) is 0 Å². The number of ketones is 1. The van der Waals surface area contributed by atoms with E-state index in [2.05, 4.69) is 53.7 Å². The molecule has 0 bridgehead atoms. The van der Waals surface area contributed by atoms with E-state index >= 15 is 0 Å². The summed E-state index contributed by atoms with van der Waals surface area (Å²) in [6.45, 7) is 16.9. The van der Waals surface area contributed by atoms with Gasteiger partial charge in [0.15, 0.2) is 5.78 Å². The number of benzene rings is 1.